The van der Waals surface area contributed by atoms with Gasteiger partial charge in [0.05, 0.1) is 6.54 Å². The van der Waals surface area contributed by atoms with E-state index in [1.807, 2.05) is 4.90 Å². The van der Waals surface area contributed by atoms with Gasteiger partial charge in [-0.05, 0) is 31.6 Å². The predicted octanol–water partition coefficient (Wildman–Crippen LogP) is 1.83. The number of nitrogens with one attached hydrogen (secondary N) is 2. The fraction of sp³-hybridized carbons (Fsp3) is 0.857. The van der Waals surface area contributed by atoms with Crippen molar-refractivity contribution >= 4 is 35.8 Å². The Morgan fingerprint density at radius 2 is 1.85 bits per heavy atom. The fourth-order valence-corrected chi connectivity index (χ4v) is 2.11. The van der Waals surface area contributed by atoms with Crippen LogP contribution in [-0.2, 0) is 4.79 Å². The van der Waals surface area contributed by atoms with Gasteiger partial charge < -0.3 is 15.5 Å². The van der Waals surface area contributed by atoms with E-state index < -0.39 is 0 Å². The van der Waals surface area contributed by atoms with Crippen molar-refractivity contribution in [1.82, 2.24) is 15.5 Å². The molecule has 1 fully saturated rings. The van der Waals surface area contributed by atoms with Gasteiger partial charge in [-0.15, -0.1) is 24.0 Å². The second-order valence-electron chi connectivity index (χ2n) is 5.48. The molecule has 1 amide bonds. The third kappa shape index (κ3) is 7.91. The molecule has 0 atom stereocenters. The SMILES string of the molecule is CN=C(NCCC(C)C)NCC(=O)N1CCCCC1.I. The van der Waals surface area contributed by atoms with Gasteiger partial charge in [-0.2, -0.15) is 0 Å². The molecular weight excluding hydrogens is 367 g/mol. The molecule has 1 rings (SSSR count). The summed E-state index contributed by atoms with van der Waals surface area (Å²) in [7, 11) is 1.73. The average Bonchev–Trinajstić information content (AvgIpc) is 2.42. The highest BCUT2D eigenvalue weighted by Gasteiger charge is 2.16. The van der Waals surface area contributed by atoms with Gasteiger partial charge in [0.1, 0.15) is 0 Å². The summed E-state index contributed by atoms with van der Waals surface area (Å²) >= 11 is 0. The van der Waals surface area contributed by atoms with Gasteiger partial charge in [-0.25, -0.2) is 0 Å². The van der Waals surface area contributed by atoms with Crippen LogP contribution in [0.2, 0.25) is 0 Å². The highest BCUT2D eigenvalue weighted by Crippen LogP contribution is 2.08. The van der Waals surface area contributed by atoms with Crippen LogP contribution in [0.15, 0.2) is 4.99 Å². The van der Waals surface area contributed by atoms with Gasteiger partial charge in [0.2, 0.25) is 5.91 Å². The molecule has 0 aromatic carbocycles. The summed E-state index contributed by atoms with van der Waals surface area (Å²) in [4.78, 5) is 18.0. The zero-order valence-electron chi connectivity index (χ0n) is 12.9. The molecule has 6 heteroatoms. The Labute approximate surface area is 140 Å². The smallest absolute Gasteiger partial charge is 0.241 e. The number of halogens is 1. The molecule has 0 aliphatic carbocycles. The van der Waals surface area contributed by atoms with E-state index in [1.54, 1.807) is 7.05 Å². The molecule has 0 aromatic heterocycles. The minimum absolute atomic E-state index is 0. The third-order valence-electron chi connectivity index (χ3n) is 3.35. The molecule has 1 aliphatic rings. The van der Waals surface area contributed by atoms with Gasteiger partial charge in [0, 0.05) is 26.7 Å². The van der Waals surface area contributed by atoms with Crippen LogP contribution in [0.4, 0.5) is 0 Å². The Bertz CT molecular complexity index is 302. The van der Waals surface area contributed by atoms with Crippen molar-refractivity contribution in [3.63, 3.8) is 0 Å². The first-order chi connectivity index (χ1) is 9.13. The van der Waals surface area contributed by atoms with Gasteiger partial charge in [-0.1, -0.05) is 13.8 Å². The van der Waals surface area contributed by atoms with Crippen molar-refractivity contribution in [2.75, 3.05) is 33.2 Å². The van der Waals surface area contributed by atoms with E-state index in [9.17, 15) is 4.79 Å². The zero-order chi connectivity index (χ0) is 14.1. The largest absolute Gasteiger partial charge is 0.356 e. The summed E-state index contributed by atoms with van der Waals surface area (Å²) in [5.41, 5.74) is 0. The van der Waals surface area contributed by atoms with Crippen LogP contribution in [0, 0.1) is 5.92 Å². The van der Waals surface area contributed by atoms with Crippen molar-refractivity contribution in [3.05, 3.63) is 0 Å². The van der Waals surface area contributed by atoms with Crippen LogP contribution in [0.3, 0.4) is 0 Å². The van der Waals surface area contributed by atoms with Gasteiger partial charge in [0.15, 0.2) is 5.96 Å². The van der Waals surface area contributed by atoms with Crippen LogP contribution in [0.25, 0.3) is 0 Å². The maximum atomic E-state index is 12.0. The Morgan fingerprint density at radius 3 is 2.40 bits per heavy atom. The summed E-state index contributed by atoms with van der Waals surface area (Å²) < 4.78 is 0. The van der Waals surface area contributed by atoms with Crippen LogP contribution < -0.4 is 10.6 Å². The number of guanidine groups is 1. The highest BCUT2D eigenvalue weighted by atomic mass is 127. The number of carbonyl (C=O) groups is 1. The van der Waals surface area contributed by atoms with Gasteiger partial charge >= 0.3 is 0 Å². The molecule has 0 spiro atoms. The molecular formula is C14H29IN4O. The Balaban J connectivity index is 0.00000361. The molecule has 5 nitrogen and oxygen atoms in total. The number of piperidine rings is 1. The highest BCUT2D eigenvalue weighted by molar-refractivity contribution is 14.0. The first-order valence-corrected chi connectivity index (χ1v) is 7.35. The lowest BCUT2D eigenvalue weighted by atomic mass is 10.1. The summed E-state index contributed by atoms with van der Waals surface area (Å²) in [6, 6.07) is 0. The molecule has 0 unspecified atom stereocenters. The van der Waals surface area contributed by atoms with E-state index in [0.29, 0.717) is 18.4 Å². The Hall–Kier alpha value is -0.530. The molecule has 20 heavy (non-hydrogen) atoms. The zero-order valence-corrected chi connectivity index (χ0v) is 15.3. The number of hydrogen-bond donors (Lipinski definition) is 2. The van der Waals surface area contributed by atoms with Gasteiger partial charge in [-0.3, -0.25) is 9.79 Å². The minimum atomic E-state index is 0. The van der Waals surface area contributed by atoms with Gasteiger partial charge in [0.25, 0.3) is 0 Å². The number of rotatable bonds is 5. The maximum absolute atomic E-state index is 12.0. The van der Waals surface area contributed by atoms with E-state index in [1.165, 1.54) is 6.42 Å². The first kappa shape index (κ1) is 19.5. The lowest BCUT2D eigenvalue weighted by molar-refractivity contribution is -0.130. The first-order valence-electron chi connectivity index (χ1n) is 7.35. The number of likely N-dealkylation sites (tertiary alicyclic amines) is 1. The van der Waals surface area contributed by atoms with Crippen LogP contribution in [0.5, 0.6) is 0 Å². The second-order valence-corrected chi connectivity index (χ2v) is 5.48. The predicted molar refractivity (Wildman–Crippen MR) is 94.7 cm³/mol. The number of aliphatic imine (C=N–C) groups is 1. The van der Waals surface area contributed by atoms with Crippen molar-refractivity contribution in [1.29, 1.82) is 0 Å². The van der Waals surface area contributed by atoms with E-state index in [0.717, 1.165) is 38.9 Å². The van der Waals surface area contributed by atoms with E-state index in [-0.39, 0.29) is 29.9 Å². The quantitative estimate of drug-likeness (QED) is 0.424. The Morgan fingerprint density at radius 1 is 1.20 bits per heavy atom. The van der Waals surface area contributed by atoms with E-state index in [2.05, 4.69) is 29.5 Å². The number of carbonyl (C=O) groups excluding carboxylic acids is 1. The molecule has 0 saturated carbocycles. The molecule has 0 aromatic rings. The van der Waals surface area contributed by atoms with Crippen molar-refractivity contribution in [2.24, 2.45) is 10.9 Å². The number of nitrogens with zero attached hydrogens (tertiary/aromatic N) is 2. The molecule has 1 heterocycles. The molecule has 0 bridgehead atoms. The second kappa shape index (κ2) is 11.2. The van der Waals surface area contributed by atoms with E-state index in [4.69, 9.17) is 0 Å². The molecule has 2 N–H and O–H groups in total. The average molecular weight is 396 g/mol. The fourth-order valence-electron chi connectivity index (χ4n) is 2.11. The number of hydrogen-bond acceptors (Lipinski definition) is 2. The maximum Gasteiger partial charge on any atom is 0.241 e. The third-order valence-corrected chi connectivity index (χ3v) is 3.35. The van der Waals surface area contributed by atoms with Crippen LogP contribution >= 0.6 is 24.0 Å². The summed E-state index contributed by atoms with van der Waals surface area (Å²) in [6.45, 7) is 7.41. The van der Waals surface area contributed by atoms with Crippen molar-refractivity contribution in [2.45, 2.75) is 39.5 Å². The monoisotopic (exact) mass is 396 g/mol. The minimum Gasteiger partial charge on any atom is -0.356 e. The molecule has 1 saturated heterocycles. The number of amides is 1. The topological polar surface area (TPSA) is 56.7 Å². The summed E-state index contributed by atoms with van der Waals surface area (Å²) in [5, 5.41) is 6.32. The van der Waals surface area contributed by atoms with Crippen molar-refractivity contribution < 1.29 is 4.79 Å². The molecule has 118 valence electrons. The lowest BCUT2D eigenvalue weighted by Crippen LogP contribution is -2.46. The normalized spacial score (nSPS) is 15.8. The lowest BCUT2D eigenvalue weighted by Gasteiger charge is -2.27. The molecule has 1 aliphatic heterocycles. The summed E-state index contributed by atoms with van der Waals surface area (Å²) in [6.07, 6.45) is 4.61. The molecule has 0 radical (unpaired) electrons. The van der Waals surface area contributed by atoms with Crippen LogP contribution in [0.1, 0.15) is 39.5 Å². The standard InChI is InChI=1S/C14H28N4O.HI/c1-12(2)7-8-16-14(15-3)17-11-13(19)18-9-5-4-6-10-18;/h12H,4-11H2,1-3H3,(H2,15,16,17);1H. The van der Waals surface area contributed by atoms with E-state index >= 15 is 0 Å². The summed E-state index contributed by atoms with van der Waals surface area (Å²) in [5.74, 6) is 1.55. The van der Waals surface area contributed by atoms with Crippen LogP contribution in [-0.4, -0.2) is 50.0 Å². The Kier molecular flexibility index (Phi) is 10.9. The van der Waals surface area contributed by atoms with Crippen molar-refractivity contribution in [3.8, 4) is 0 Å².